The molecule has 4 heteroatoms. The number of fused-ring (bicyclic) bond motifs is 1. The number of benzene rings is 1. The summed E-state index contributed by atoms with van der Waals surface area (Å²) in [5.41, 5.74) is 4.15. The van der Waals surface area contributed by atoms with Gasteiger partial charge in [-0.25, -0.2) is 4.98 Å². The average Bonchev–Trinajstić information content (AvgIpc) is 2.67. The van der Waals surface area contributed by atoms with E-state index < -0.39 is 5.97 Å². The molecule has 1 heterocycles. The Kier molecular flexibility index (Phi) is 3.60. The molecule has 19 heavy (non-hydrogen) atoms. The van der Waals surface area contributed by atoms with Crippen molar-refractivity contribution in [2.75, 3.05) is 0 Å². The number of carbonyl (C=O) groups is 1. The number of nitrogens with zero attached hydrogens (tertiary/aromatic N) is 2. The van der Waals surface area contributed by atoms with Crippen molar-refractivity contribution in [3.63, 3.8) is 0 Å². The third-order valence-corrected chi connectivity index (χ3v) is 3.74. The maximum Gasteiger partial charge on any atom is 0.323 e. The van der Waals surface area contributed by atoms with Crippen molar-refractivity contribution >= 4 is 17.0 Å². The van der Waals surface area contributed by atoms with Crippen LogP contribution in [0.15, 0.2) is 12.1 Å². The number of hydrogen-bond donors (Lipinski definition) is 1. The van der Waals surface area contributed by atoms with Gasteiger partial charge in [-0.1, -0.05) is 13.8 Å². The lowest BCUT2D eigenvalue weighted by molar-refractivity contribution is -0.137. The normalized spacial score (nSPS) is 12.8. The lowest BCUT2D eigenvalue weighted by atomic mass is 10.1. The summed E-state index contributed by atoms with van der Waals surface area (Å²) in [5, 5.41) is 9.10. The van der Waals surface area contributed by atoms with Crippen molar-refractivity contribution in [1.82, 2.24) is 9.55 Å². The highest BCUT2D eigenvalue weighted by Gasteiger charge is 2.17. The van der Waals surface area contributed by atoms with Crippen molar-refractivity contribution < 1.29 is 9.90 Å². The SMILES string of the molecule is CCC(C)c1nc2cc(C)c(C)cc2n1CC(=O)O. The zero-order valence-electron chi connectivity index (χ0n) is 11.9. The molecule has 1 atom stereocenters. The third-order valence-electron chi connectivity index (χ3n) is 3.74. The zero-order valence-corrected chi connectivity index (χ0v) is 11.9. The molecule has 1 unspecified atom stereocenters. The maximum atomic E-state index is 11.1. The molecule has 2 rings (SSSR count). The number of aromatic nitrogens is 2. The molecule has 1 aromatic heterocycles. The molecule has 1 N–H and O–H groups in total. The number of carboxylic acids is 1. The van der Waals surface area contributed by atoms with Crippen molar-refractivity contribution in [2.45, 2.75) is 46.6 Å². The van der Waals surface area contributed by atoms with Crippen LogP contribution < -0.4 is 0 Å². The summed E-state index contributed by atoms with van der Waals surface area (Å²) < 4.78 is 1.83. The highest BCUT2D eigenvalue weighted by molar-refractivity contribution is 5.80. The number of aryl methyl sites for hydroxylation is 2. The van der Waals surface area contributed by atoms with Gasteiger partial charge in [0.1, 0.15) is 12.4 Å². The van der Waals surface area contributed by atoms with Gasteiger partial charge in [0.15, 0.2) is 0 Å². The van der Waals surface area contributed by atoms with Crippen LogP contribution in [-0.2, 0) is 11.3 Å². The van der Waals surface area contributed by atoms with Crippen molar-refractivity contribution in [1.29, 1.82) is 0 Å². The minimum atomic E-state index is -0.831. The predicted octanol–water partition coefficient (Wildman–Crippen LogP) is 3.25. The Labute approximate surface area is 113 Å². The third kappa shape index (κ3) is 2.48. The molecule has 2 aromatic rings. The highest BCUT2D eigenvalue weighted by Crippen LogP contribution is 2.26. The summed E-state index contributed by atoms with van der Waals surface area (Å²) in [6, 6.07) is 4.07. The molecule has 4 nitrogen and oxygen atoms in total. The Hall–Kier alpha value is -1.84. The first-order valence-electron chi connectivity index (χ1n) is 6.63. The van der Waals surface area contributed by atoms with E-state index >= 15 is 0 Å². The van der Waals surface area contributed by atoms with Crippen LogP contribution in [0.5, 0.6) is 0 Å². The van der Waals surface area contributed by atoms with E-state index in [1.807, 2.05) is 30.5 Å². The number of carboxylic acid groups (broad SMARTS) is 1. The first kappa shape index (κ1) is 13.6. The van der Waals surface area contributed by atoms with Gasteiger partial charge in [-0.05, 0) is 43.5 Å². The second kappa shape index (κ2) is 5.03. The molecule has 102 valence electrons. The van der Waals surface area contributed by atoms with Gasteiger partial charge in [0.2, 0.25) is 0 Å². The fraction of sp³-hybridized carbons (Fsp3) is 0.467. The Balaban J connectivity index is 2.69. The van der Waals surface area contributed by atoms with Gasteiger partial charge >= 0.3 is 5.97 Å². The van der Waals surface area contributed by atoms with Gasteiger partial charge in [-0.15, -0.1) is 0 Å². The summed E-state index contributed by atoms with van der Waals surface area (Å²) in [5.74, 6) is 0.291. The predicted molar refractivity (Wildman–Crippen MR) is 75.5 cm³/mol. The average molecular weight is 260 g/mol. The fourth-order valence-electron chi connectivity index (χ4n) is 2.26. The van der Waals surface area contributed by atoms with Gasteiger partial charge < -0.3 is 9.67 Å². The summed E-state index contributed by atoms with van der Waals surface area (Å²) in [6.45, 7) is 8.23. The lowest BCUT2D eigenvalue weighted by Gasteiger charge is -2.11. The van der Waals surface area contributed by atoms with Crippen LogP contribution in [-0.4, -0.2) is 20.6 Å². The lowest BCUT2D eigenvalue weighted by Crippen LogP contribution is -2.13. The number of imidazole rings is 1. The van der Waals surface area contributed by atoms with Crippen LogP contribution >= 0.6 is 0 Å². The minimum Gasteiger partial charge on any atom is -0.480 e. The minimum absolute atomic E-state index is 0.0291. The second-order valence-electron chi connectivity index (χ2n) is 5.18. The van der Waals surface area contributed by atoms with Crippen LogP contribution in [0.3, 0.4) is 0 Å². The molecule has 0 saturated heterocycles. The molecular formula is C15H20N2O2. The number of aliphatic carboxylic acids is 1. The first-order valence-corrected chi connectivity index (χ1v) is 6.63. The van der Waals surface area contributed by atoms with E-state index in [9.17, 15) is 4.79 Å². The second-order valence-corrected chi connectivity index (χ2v) is 5.18. The van der Waals surface area contributed by atoms with Gasteiger partial charge in [-0.3, -0.25) is 4.79 Å². The van der Waals surface area contributed by atoms with Gasteiger partial charge in [0, 0.05) is 5.92 Å². The van der Waals surface area contributed by atoms with E-state index in [4.69, 9.17) is 5.11 Å². The van der Waals surface area contributed by atoms with E-state index in [2.05, 4.69) is 18.8 Å². The molecular weight excluding hydrogens is 240 g/mol. The Bertz CT molecular complexity index is 629. The van der Waals surface area contributed by atoms with Crippen LogP contribution in [0, 0.1) is 13.8 Å². The van der Waals surface area contributed by atoms with Crippen molar-refractivity contribution in [3.05, 3.63) is 29.1 Å². The van der Waals surface area contributed by atoms with E-state index in [0.29, 0.717) is 0 Å². The van der Waals surface area contributed by atoms with E-state index in [1.165, 1.54) is 5.56 Å². The molecule has 1 aromatic carbocycles. The molecule has 0 amide bonds. The quantitative estimate of drug-likeness (QED) is 0.918. The standard InChI is InChI=1S/C15H20N2O2/c1-5-9(2)15-16-12-6-10(3)11(4)7-13(12)17(15)8-14(18)19/h6-7,9H,5,8H2,1-4H3,(H,18,19). The van der Waals surface area contributed by atoms with Gasteiger partial charge in [0.25, 0.3) is 0 Å². The van der Waals surface area contributed by atoms with Gasteiger partial charge in [0.05, 0.1) is 11.0 Å². The van der Waals surface area contributed by atoms with Crippen molar-refractivity contribution in [3.8, 4) is 0 Å². The summed E-state index contributed by atoms with van der Waals surface area (Å²) >= 11 is 0. The molecule has 0 radical (unpaired) electrons. The molecule has 0 fully saturated rings. The van der Waals surface area contributed by atoms with Crippen LogP contribution in [0.1, 0.15) is 43.1 Å². The summed E-state index contributed by atoms with van der Waals surface area (Å²) in [4.78, 5) is 15.7. The Morgan fingerprint density at radius 2 is 2.00 bits per heavy atom. The molecule has 0 bridgehead atoms. The Morgan fingerprint density at radius 3 is 2.58 bits per heavy atom. The fourth-order valence-corrected chi connectivity index (χ4v) is 2.26. The maximum absolute atomic E-state index is 11.1. The molecule has 0 aliphatic carbocycles. The molecule has 0 aliphatic heterocycles. The summed E-state index contributed by atoms with van der Waals surface area (Å²) in [7, 11) is 0. The monoisotopic (exact) mass is 260 g/mol. The number of hydrogen-bond acceptors (Lipinski definition) is 2. The van der Waals surface area contributed by atoms with Gasteiger partial charge in [-0.2, -0.15) is 0 Å². The van der Waals surface area contributed by atoms with Crippen LogP contribution in [0.25, 0.3) is 11.0 Å². The first-order chi connectivity index (χ1) is 8.93. The smallest absolute Gasteiger partial charge is 0.323 e. The van der Waals surface area contributed by atoms with E-state index in [1.54, 1.807) is 0 Å². The highest BCUT2D eigenvalue weighted by atomic mass is 16.4. The van der Waals surface area contributed by atoms with Crippen molar-refractivity contribution in [2.24, 2.45) is 0 Å². The largest absolute Gasteiger partial charge is 0.480 e. The number of rotatable bonds is 4. The topological polar surface area (TPSA) is 55.1 Å². The van der Waals surface area contributed by atoms with E-state index in [0.717, 1.165) is 28.8 Å². The summed E-state index contributed by atoms with van der Waals surface area (Å²) in [6.07, 6.45) is 0.945. The zero-order chi connectivity index (χ0) is 14.2. The van der Waals surface area contributed by atoms with Crippen LogP contribution in [0.4, 0.5) is 0 Å². The Morgan fingerprint density at radius 1 is 1.37 bits per heavy atom. The molecule has 0 spiro atoms. The molecule has 0 saturated carbocycles. The molecule has 0 aliphatic rings. The van der Waals surface area contributed by atoms with Crippen LogP contribution in [0.2, 0.25) is 0 Å². The van der Waals surface area contributed by atoms with E-state index in [-0.39, 0.29) is 12.5 Å².